The Labute approximate surface area is 190 Å². The molecule has 32 heavy (non-hydrogen) atoms. The van der Waals surface area contributed by atoms with E-state index in [0.29, 0.717) is 25.8 Å². The molecule has 1 aromatic rings. The zero-order valence-corrected chi connectivity index (χ0v) is 19.3. The fraction of sp³-hybridized carbons (Fsp3) is 0.519. The molecule has 0 radical (unpaired) electrons. The minimum Gasteiger partial charge on any atom is -0.497 e. The van der Waals surface area contributed by atoms with E-state index < -0.39 is 0 Å². The molecule has 2 aliphatic carbocycles. The summed E-state index contributed by atoms with van der Waals surface area (Å²) in [5.41, 5.74) is 3.08. The predicted octanol–water partition coefficient (Wildman–Crippen LogP) is 5.18. The van der Waals surface area contributed by atoms with Crippen LogP contribution in [-0.2, 0) is 16.1 Å². The van der Waals surface area contributed by atoms with Crippen molar-refractivity contribution in [1.82, 2.24) is 4.90 Å². The van der Waals surface area contributed by atoms with Crippen molar-refractivity contribution in [2.45, 2.75) is 58.9 Å². The molecule has 4 rings (SSSR count). The summed E-state index contributed by atoms with van der Waals surface area (Å²) in [5.74, 6) is 1.53. The first-order valence-electron chi connectivity index (χ1n) is 11.6. The molecule has 1 amide bonds. The Bertz CT molecular complexity index is 1000. The van der Waals surface area contributed by atoms with E-state index in [4.69, 9.17) is 10.00 Å². The topological polar surface area (TPSA) is 70.4 Å². The molecule has 5 heteroatoms. The highest BCUT2D eigenvalue weighted by Crippen LogP contribution is 2.57. The number of carbonyl (C=O) groups is 2. The van der Waals surface area contributed by atoms with Crippen LogP contribution in [0.5, 0.6) is 5.75 Å². The number of ketones is 1. The van der Waals surface area contributed by atoms with E-state index in [2.05, 4.69) is 13.0 Å². The lowest BCUT2D eigenvalue weighted by atomic mass is 9.52. The lowest BCUT2D eigenvalue weighted by Crippen LogP contribution is -2.48. The maximum atomic E-state index is 13.3. The van der Waals surface area contributed by atoms with Gasteiger partial charge in [0.25, 0.3) is 0 Å². The van der Waals surface area contributed by atoms with Crippen molar-refractivity contribution >= 4 is 11.7 Å². The van der Waals surface area contributed by atoms with Crippen LogP contribution in [0.4, 0.5) is 0 Å². The zero-order chi connectivity index (χ0) is 22.9. The van der Waals surface area contributed by atoms with E-state index in [-0.39, 0.29) is 34.9 Å². The molecule has 5 nitrogen and oxygen atoms in total. The van der Waals surface area contributed by atoms with Crippen LogP contribution in [0.15, 0.2) is 47.7 Å². The summed E-state index contributed by atoms with van der Waals surface area (Å²) in [7, 11) is 1.64. The van der Waals surface area contributed by atoms with Crippen LogP contribution in [-0.4, -0.2) is 23.7 Å². The molecule has 1 aromatic carbocycles. The number of benzene rings is 1. The average Bonchev–Trinajstić information content (AvgIpc) is 2.90. The number of nitriles is 1. The van der Waals surface area contributed by atoms with Gasteiger partial charge in [0.15, 0.2) is 5.78 Å². The van der Waals surface area contributed by atoms with Gasteiger partial charge in [0.1, 0.15) is 5.75 Å². The van der Waals surface area contributed by atoms with Crippen molar-refractivity contribution < 1.29 is 14.3 Å². The van der Waals surface area contributed by atoms with Gasteiger partial charge < -0.3 is 9.64 Å². The minimum absolute atomic E-state index is 0.108. The summed E-state index contributed by atoms with van der Waals surface area (Å²) in [5, 5.41) is 9.12. The molecule has 0 unspecified atom stereocenters. The standard InChI is InChI=1S/C27H32N2O3/c1-18-15-24(30)26-23(22(18)5-4-14-28)11-8-20-17-29(25(31)12-13-27(20,26)2)16-19-6-9-21(32-3)10-7-19/h6-7,9-10,15,17,22-23,26H,4-5,8,11-13,16H2,1-3H3/t22-,23+,26-,27+/m1/s1. The number of methoxy groups -OCH3 is 1. The normalized spacial score (nSPS) is 29.8. The summed E-state index contributed by atoms with van der Waals surface area (Å²) in [6.45, 7) is 4.75. The molecular weight excluding hydrogens is 400 g/mol. The van der Waals surface area contributed by atoms with Crippen LogP contribution >= 0.6 is 0 Å². The van der Waals surface area contributed by atoms with Crippen LogP contribution < -0.4 is 4.74 Å². The van der Waals surface area contributed by atoms with Crippen molar-refractivity contribution in [1.29, 1.82) is 5.26 Å². The highest BCUT2D eigenvalue weighted by Gasteiger charge is 2.53. The molecule has 1 saturated carbocycles. The first-order chi connectivity index (χ1) is 15.4. The summed E-state index contributed by atoms with van der Waals surface area (Å²) in [6.07, 6.45) is 8.15. The second kappa shape index (κ2) is 8.94. The number of nitrogens with zero attached hydrogens (tertiary/aromatic N) is 2. The maximum Gasteiger partial charge on any atom is 0.226 e. The maximum absolute atomic E-state index is 13.3. The molecule has 1 fully saturated rings. The first kappa shape index (κ1) is 22.3. The predicted molar refractivity (Wildman–Crippen MR) is 122 cm³/mol. The number of amides is 1. The summed E-state index contributed by atoms with van der Waals surface area (Å²) < 4.78 is 5.24. The first-order valence-corrected chi connectivity index (χ1v) is 11.6. The van der Waals surface area contributed by atoms with Crippen LogP contribution in [0.3, 0.4) is 0 Å². The van der Waals surface area contributed by atoms with Crippen LogP contribution in [0.25, 0.3) is 0 Å². The molecule has 0 spiro atoms. The van der Waals surface area contributed by atoms with Crippen molar-refractivity contribution in [3.63, 3.8) is 0 Å². The van der Waals surface area contributed by atoms with Gasteiger partial charge in [-0.3, -0.25) is 9.59 Å². The Kier molecular flexibility index (Phi) is 6.24. The molecule has 0 bridgehead atoms. The highest BCUT2D eigenvalue weighted by atomic mass is 16.5. The van der Waals surface area contributed by atoms with Crippen LogP contribution in [0, 0.1) is 34.5 Å². The van der Waals surface area contributed by atoms with Crippen molar-refractivity contribution in [3.05, 3.63) is 53.3 Å². The number of allylic oxidation sites excluding steroid dienone is 3. The van der Waals surface area contributed by atoms with Gasteiger partial charge in [0, 0.05) is 30.4 Å². The van der Waals surface area contributed by atoms with Gasteiger partial charge in [-0.05, 0) is 73.8 Å². The van der Waals surface area contributed by atoms with E-state index in [1.165, 1.54) is 5.57 Å². The monoisotopic (exact) mass is 432 g/mol. The van der Waals surface area contributed by atoms with Gasteiger partial charge in [0.2, 0.25) is 5.91 Å². The van der Waals surface area contributed by atoms with Gasteiger partial charge in [-0.2, -0.15) is 5.26 Å². The van der Waals surface area contributed by atoms with E-state index in [1.807, 2.05) is 48.4 Å². The molecule has 0 saturated heterocycles. The number of rotatable bonds is 5. The van der Waals surface area contributed by atoms with Crippen molar-refractivity contribution in [2.75, 3.05) is 7.11 Å². The fourth-order valence-corrected chi connectivity index (χ4v) is 6.19. The molecular formula is C27H32N2O3. The molecule has 0 N–H and O–H groups in total. The van der Waals surface area contributed by atoms with Crippen molar-refractivity contribution in [3.8, 4) is 11.8 Å². The smallest absolute Gasteiger partial charge is 0.226 e. The van der Waals surface area contributed by atoms with Crippen LogP contribution in [0.2, 0.25) is 0 Å². The van der Waals surface area contributed by atoms with Gasteiger partial charge in [-0.25, -0.2) is 0 Å². The number of carbonyl (C=O) groups excluding carboxylic acids is 2. The zero-order valence-electron chi connectivity index (χ0n) is 19.3. The minimum atomic E-state index is -0.313. The Morgan fingerprint density at radius 1 is 1.22 bits per heavy atom. The number of hydrogen-bond acceptors (Lipinski definition) is 4. The highest BCUT2D eigenvalue weighted by molar-refractivity contribution is 5.95. The summed E-state index contributed by atoms with van der Waals surface area (Å²) in [4.78, 5) is 28.2. The molecule has 0 aromatic heterocycles. The Morgan fingerprint density at radius 3 is 2.66 bits per heavy atom. The fourth-order valence-electron chi connectivity index (χ4n) is 6.19. The summed E-state index contributed by atoms with van der Waals surface area (Å²) >= 11 is 0. The van der Waals surface area contributed by atoms with E-state index >= 15 is 0 Å². The molecule has 1 heterocycles. The Hall–Kier alpha value is -2.87. The summed E-state index contributed by atoms with van der Waals surface area (Å²) in [6, 6.07) is 10.1. The van der Waals surface area contributed by atoms with Gasteiger partial charge in [-0.15, -0.1) is 0 Å². The SMILES string of the molecule is COc1ccc(CN2C=C3CC[C@H]4[C@H](CCC#N)C(C)=CC(=O)[C@@H]4[C@@]3(C)CCC2=O)cc1. The Morgan fingerprint density at radius 2 is 1.97 bits per heavy atom. The van der Waals surface area contributed by atoms with E-state index in [0.717, 1.165) is 36.1 Å². The number of hydrogen-bond donors (Lipinski definition) is 0. The van der Waals surface area contributed by atoms with Crippen LogP contribution in [0.1, 0.15) is 57.9 Å². The van der Waals surface area contributed by atoms with Gasteiger partial charge >= 0.3 is 0 Å². The third-order valence-electron chi connectivity index (χ3n) is 7.94. The number of ether oxygens (including phenoxy) is 1. The average molecular weight is 433 g/mol. The van der Waals surface area contributed by atoms with E-state index in [1.54, 1.807) is 7.11 Å². The lowest BCUT2D eigenvalue weighted by molar-refractivity contribution is -0.131. The second-order valence-corrected chi connectivity index (χ2v) is 9.72. The quantitative estimate of drug-likeness (QED) is 0.642. The largest absolute Gasteiger partial charge is 0.497 e. The molecule has 1 aliphatic heterocycles. The van der Waals surface area contributed by atoms with Gasteiger partial charge in [0.05, 0.1) is 19.7 Å². The van der Waals surface area contributed by atoms with E-state index in [9.17, 15) is 9.59 Å². The molecule has 168 valence electrons. The van der Waals surface area contributed by atoms with Gasteiger partial charge in [-0.1, -0.05) is 24.6 Å². The third-order valence-corrected chi connectivity index (χ3v) is 7.94. The van der Waals surface area contributed by atoms with Crippen molar-refractivity contribution in [2.24, 2.45) is 23.2 Å². The third kappa shape index (κ3) is 3.99. The molecule has 3 aliphatic rings. The lowest BCUT2D eigenvalue weighted by Gasteiger charge is -2.51. The second-order valence-electron chi connectivity index (χ2n) is 9.72. The Balaban J connectivity index is 1.63. The molecule has 4 atom stereocenters. The number of fused-ring (bicyclic) bond motifs is 3.